The van der Waals surface area contributed by atoms with Crippen LogP contribution in [0.15, 0.2) is 97.1 Å². The zero-order valence-electron chi connectivity index (χ0n) is 22.6. The SMILES string of the molecule is O=C(COC(=O)c1ccc(N2C(=O)[C@@H]3[C@@H](C2=O)C2(Cl)c4ccccc4C3(Cl)c3ccccc32)cc1)c1ccc([N+](=O)[O-])cc1. The second kappa shape index (κ2) is 9.83. The lowest BCUT2D eigenvalue weighted by Crippen LogP contribution is -2.57. The Labute approximate surface area is 260 Å². The van der Waals surface area contributed by atoms with E-state index in [4.69, 9.17) is 27.9 Å². The van der Waals surface area contributed by atoms with E-state index in [0.717, 1.165) is 4.90 Å². The lowest BCUT2D eigenvalue weighted by atomic mass is 9.54. The predicted octanol–water partition coefficient (Wildman–Crippen LogP) is 5.73. The summed E-state index contributed by atoms with van der Waals surface area (Å²) in [5.74, 6) is -4.26. The highest BCUT2D eigenvalue weighted by atomic mass is 35.5. The van der Waals surface area contributed by atoms with Crippen LogP contribution >= 0.6 is 23.2 Å². The first kappa shape index (κ1) is 27.9. The number of non-ortho nitro benzene ring substituents is 1. The van der Waals surface area contributed by atoms with Crippen molar-refractivity contribution in [3.05, 3.63) is 141 Å². The van der Waals surface area contributed by atoms with Crippen LogP contribution in [0.4, 0.5) is 11.4 Å². The number of nitro groups is 1. The van der Waals surface area contributed by atoms with Gasteiger partial charge in [0.25, 0.3) is 5.69 Å². The minimum absolute atomic E-state index is 0.0873. The maximum Gasteiger partial charge on any atom is 0.338 e. The molecular weight excluding hydrogens is 607 g/mol. The van der Waals surface area contributed by atoms with Crippen molar-refractivity contribution in [2.24, 2.45) is 11.8 Å². The van der Waals surface area contributed by atoms with E-state index in [9.17, 15) is 29.3 Å². The molecule has 1 aliphatic heterocycles. The molecule has 0 unspecified atom stereocenters. The standard InChI is InChI=1S/C33H20Cl2N2O7/c34-32-22-5-1-2-6-23(22)33(35,25-8-4-3-7-24(25)32)28-27(32)29(39)36(30(28)40)20-13-11-19(12-14-20)31(41)44-17-26(38)18-9-15-21(16-10-18)37(42)43/h1-16,27-28H,17H2/t27-,28-,32?,33?/m0/s1. The van der Waals surface area contributed by atoms with Gasteiger partial charge >= 0.3 is 5.97 Å². The topological polar surface area (TPSA) is 124 Å². The van der Waals surface area contributed by atoms with Crippen molar-refractivity contribution in [1.82, 2.24) is 0 Å². The number of imide groups is 1. The number of esters is 1. The van der Waals surface area contributed by atoms with Crippen LogP contribution in [0.2, 0.25) is 0 Å². The van der Waals surface area contributed by atoms with Gasteiger partial charge in [0.15, 0.2) is 12.4 Å². The van der Waals surface area contributed by atoms with Gasteiger partial charge in [0.05, 0.1) is 28.0 Å². The Morgan fingerprint density at radius 2 is 1.16 bits per heavy atom. The molecule has 0 radical (unpaired) electrons. The summed E-state index contributed by atoms with van der Waals surface area (Å²) in [6, 6.07) is 25.3. The van der Waals surface area contributed by atoms with E-state index in [1.165, 1.54) is 48.5 Å². The molecule has 3 aliphatic carbocycles. The highest BCUT2D eigenvalue weighted by Gasteiger charge is 2.73. The number of rotatable bonds is 6. The van der Waals surface area contributed by atoms with E-state index in [2.05, 4.69) is 0 Å². The number of Topliss-reactive ketones (excluding diaryl/α,β-unsaturated/α-hetero) is 1. The summed E-state index contributed by atoms with van der Waals surface area (Å²) in [6.07, 6.45) is 0. The molecule has 0 aromatic heterocycles. The number of nitrogens with zero attached hydrogens (tertiary/aromatic N) is 2. The van der Waals surface area contributed by atoms with Crippen molar-refractivity contribution < 1.29 is 28.8 Å². The average molecular weight is 627 g/mol. The number of ketones is 1. The number of carbonyl (C=O) groups excluding carboxylic acids is 4. The number of amides is 2. The number of hydrogen-bond acceptors (Lipinski definition) is 7. The van der Waals surface area contributed by atoms with Crippen LogP contribution < -0.4 is 4.90 Å². The lowest BCUT2D eigenvalue weighted by molar-refractivity contribution is -0.384. The highest BCUT2D eigenvalue weighted by Crippen LogP contribution is 2.69. The molecule has 1 heterocycles. The molecule has 11 heteroatoms. The van der Waals surface area contributed by atoms with Crippen molar-refractivity contribution in [2.45, 2.75) is 9.75 Å². The molecule has 2 bridgehead atoms. The molecule has 44 heavy (non-hydrogen) atoms. The summed E-state index contributed by atoms with van der Waals surface area (Å²) >= 11 is 14.9. The van der Waals surface area contributed by atoms with E-state index in [-0.39, 0.29) is 22.5 Å². The fraction of sp³-hybridized carbons (Fsp3) is 0.152. The quantitative estimate of drug-likeness (QED) is 0.0668. The van der Waals surface area contributed by atoms with Gasteiger partial charge in [-0.2, -0.15) is 0 Å². The molecule has 8 rings (SSSR count). The third-order valence-corrected chi connectivity index (χ3v) is 9.97. The van der Waals surface area contributed by atoms with E-state index >= 15 is 0 Å². The van der Waals surface area contributed by atoms with Crippen molar-refractivity contribution in [1.29, 1.82) is 0 Å². The monoisotopic (exact) mass is 626 g/mol. The molecule has 9 nitrogen and oxygen atoms in total. The van der Waals surface area contributed by atoms with Crippen LogP contribution in [0.3, 0.4) is 0 Å². The van der Waals surface area contributed by atoms with Crippen LogP contribution in [0.25, 0.3) is 0 Å². The van der Waals surface area contributed by atoms with Crippen molar-refractivity contribution in [3.63, 3.8) is 0 Å². The second-order valence-electron chi connectivity index (χ2n) is 10.8. The minimum atomic E-state index is -1.31. The number of alkyl halides is 2. The van der Waals surface area contributed by atoms with Crippen molar-refractivity contribution >= 4 is 58.1 Å². The summed E-state index contributed by atoms with van der Waals surface area (Å²) in [5.41, 5.74) is 3.09. The van der Waals surface area contributed by atoms with Gasteiger partial charge in [0.1, 0.15) is 9.75 Å². The largest absolute Gasteiger partial charge is 0.454 e. The van der Waals surface area contributed by atoms with Crippen LogP contribution in [0.1, 0.15) is 43.0 Å². The molecule has 1 saturated heterocycles. The molecule has 218 valence electrons. The Hall–Kier alpha value is -4.86. The Morgan fingerprint density at radius 1 is 0.727 bits per heavy atom. The zero-order valence-corrected chi connectivity index (χ0v) is 24.1. The summed E-state index contributed by atoms with van der Waals surface area (Å²) in [5, 5.41) is 10.8. The number of carbonyl (C=O) groups is 4. The fourth-order valence-corrected chi connectivity index (χ4v) is 7.83. The van der Waals surface area contributed by atoms with Gasteiger partial charge in [-0.3, -0.25) is 24.5 Å². The van der Waals surface area contributed by atoms with Crippen LogP contribution in [-0.4, -0.2) is 35.1 Å². The number of hydrogen-bond donors (Lipinski definition) is 0. The predicted molar refractivity (Wildman–Crippen MR) is 160 cm³/mol. The highest BCUT2D eigenvalue weighted by molar-refractivity contribution is 6.38. The molecule has 2 atom stereocenters. The molecule has 0 N–H and O–H groups in total. The first-order valence-corrected chi connectivity index (χ1v) is 14.3. The average Bonchev–Trinajstić information content (AvgIpc) is 3.33. The van der Waals surface area contributed by atoms with Crippen LogP contribution in [-0.2, 0) is 24.1 Å². The van der Waals surface area contributed by atoms with Gasteiger partial charge in [0, 0.05) is 17.7 Å². The number of halogens is 2. The van der Waals surface area contributed by atoms with Gasteiger partial charge in [0.2, 0.25) is 11.8 Å². The van der Waals surface area contributed by atoms with E-state index < -0.39 is 56.7 Å². The molecule has 1 fully saturated rings. The first-order valence-electron chi connectivity index (χ1n) is 13.6. The first-order chi connectivity index (χ1) is 21.1. The Bertz CT molecular complexity index is 1800. The van der Waals surface area contributed by atoms with Gasteiger partial charge in [-0.05, 0) is 58.7 Å². The number of benzene rings is 4. The Morgan fingerprint density at radius 3 is 1.59 bits per heavy atom. The molecule has 4 aromatic carbocycles. The number of nitro benzene ring substituents is 1. The zero-order chi connectivity index (χ0) is 31.0. The smallest absolute Gasteiger partial charge is 0.338 e. The molecule has 4 aliphatic rings. The number of anilines is 1. The molecule has 0 saturated carbocycles. The summed E-state index contributed by atoms with van der Waals surface area (Å²) in [7, 11) is 0. The lowest BCUT2D eigenvalue weighted by Gasteiger charge is -2.54. The van der Waals surface area contributed by atoms with Gasteiger partial charge < -0.3 is 4.74 Å². The summed E-state index contributed by atoms with van der Waals surface area (Å²) < 4.78 is 5.14. The van der Waals surface area contributed by atoms with E-state index in [1.54, 1.807) is 0 Å². The summed E-state index contributed by atoms with van der Waals surface area (Å²) in [4.78, 5) is 62.0. The molecule has 0 spiro atoms. The Kier molecular flexibility index (Phi) is 6.25. The van der Waals surface area contributed by atoms with E-state index in [0.29, 0.717) is 22.3 Å². The van der Waals surface area contributed by atoms with Gasteiger partial charge in [-0.15, -0.1) is 23.2 Å². The maximum absolute atomic E-state index is 14.1. The molecular formula is C33H20Cl2N2O7. The second-order valence-corrected chi connectivity index (χ2v) is 12.0. The molecule has 2 amide bonds. The fourth-order valence-electron chi connectivity index (χ4n) is 6.73. The van der Waals surface area contributed by atoms with E-state index in [1.807, 2.05) is 48.5 Å². The maximum atomic E-state index is 14.1. The third kappa shape index (κ3) is 3.72. The molecule has 4 aromatic rings. The normalized spacial score (nSPS) is 24.4. The van der Waals surface area contributed by atoms with Crippen LogP contribution in [0, 0.1) is 22.0 Å². The summed E-state index contributed by atoms with van der Waals surface area (Å²) in [6.45, 7) is -0.582. The number of ether oxygens (including phenoxy) is 1. The minimum Gasteiger partial charge on any atom is -0.454 e. The van der Waals surface area contributed by atoms with Gasteiger partial charge in [-0.25, -0.2) is 9.69 Å². The Balaban J connectivity index is 1.14. The van der Waals surface area contributed by atoms with Crippen LogP contribution in [0.5, 0.6) is 0 Å². The van der Waals surface area contributed by atoms with Crippen molar-refractivity contribution in [2.75, 3.05) is 11.5 Å². The van der Waals surface area contributed by atoms with Crippen molar-refractivity contribution in [3.8, 4) is 0 Å². The van der Waals surface area contributed by atoms with Gasteiger partial charge in [-0.1, -0.05) is 48.5 Å². The third-order valence-electron chi connectivity index (χ3n) is 8.68.